The highest BCUT2D eigenvalue weighted by Crippen LogP contribution is 2.09. The number of hydrogen-bond donors (Lipinski definition) is 1. The number of halogens is 1. The van der Waals surface area contributed by atoms with Crippen LogP contribution < -0.4 is 11.0 Å². The Kier molecular flexibility index (Phi) is 5.27. The van der Waals surface area contributed by atoms with Crippen molar-refractivity contribution in [2.24, 2.45) is 5.10 Å². The highest BCUT2D eigenvalue weighted by atomic mass is 79.9. The van der Waals surface area contributed by atoms with Crippen LogP contribution >= 0.6 is 15.9 Å². The molecule has 0 atom stereocenters. The minimum Gasteiger partial charge on any atom is -0.312 e. The van der Waals surface area contributed by atoms with Crippen molar-refractivity contribution in [2.45, 2.75) is 19.9 Å². The van der Waals surface area contributed by atoms with Gasteiger partial charge in [-0.2, -0.15) is 5.10 Å². The topological polar surface area (TPSA) is 63.5 Å². The van der Waals surface area contributed by atoms with Crippen molar-refractivity contribution in [1.29, 1.82) is 0 Å². The lowest BCUT2D eigenvalue weighted by molar-refractivity contribution is 0.0953. The Labute approximate surface area is 136 Å². The van der Waals surface area contributed by atoms with Gasteiger partial charge in [-0.1, -0.05) is 28.1 Å². The van der Waals surface area contributed by atoms with E-state index in [9.17, 15) is 9.59 Å². The second-order valence-corrected chi connectivity index (χ2v) is 5.90. The average Bonchev–Trinajstić information content (AvgIpc) is 2.47. The molecule has 1 aromatic carbocycles. The minimum absolute atomic E-state index is 0.00887. The molecule has 0 aliphatic rings. The highest BCUT2D eigenvalue weighted by Gasteiger charge is 2.12. The Morgan fingerprint density at radius 2 is 2.09 bits per heavy atom. The SMILES string of the molecule is CC(C)n1cccc(C(=O)N/N=C\c2cccc(Br)c2)c1=O. The van der Waals surface area contributed by atoms with Gasteiger partial charge in [-0.15, -0.1) is 0 Å². The molecule has 0 spiro atoms. The summed E-state index contributed by atoms with van der Waals surface area (Å²) in [5.74, 6) is -0.522. The first-order chi connectivity index (χ1) is 10.5. The number of hydrogen-bond acceptors (Lipinski definition) is 3. The average molecular weight is 362 g/mol. The van der Waals surface area contributed by atoms with Gasteiger partial charge in [-0.05, 0) is 43.7 Å². The Bertz CT molecular complexity index is 766. The molecule has 0 saturated heterocycles. The number of nitrogens with zero attached hydrogens (tertiary/aromatic N) is 2. The molecular weight excluding hydrogens is 346 g/mol. The normalized spacial score (nSPS) is 11.1. The smallest absolute Gasteiger partial charge is 0.276 e. The molecule has 5 nitrogen and oxygen atoms in total. The van der Waals surface area contributed by atoms with E-state index in [0.29, 0.717) is 0 Å². The summed E-state index contributed by atoms with van der Waals surface area (Å²) in [5.41, 5.74) is 2.96. The van der Waals surface area contributed by atoms with Gasteiger partial charge in [0.15, 0.2) is 0 Å². The number of pyridine rings is 1. The number of nitrogens with one attached hydrogen (secondary N) is 1. The first-order valence-corrected chi connectivity index (χ1v) is 7.58. The largest absolute Gasteiger partial charge is 0.312 e. The summed E-state index contributed by atoms with van der Waals surface area (Å²) >= 11 is 3.36. The van der Waals surface area contributed by atoms with Gasteiger partial charge in [0, 0.05) is 16.7 Å². The van der Waals surface area contributed by atoms with Crippen molar-refractivity contribution >= 4 is 28.1 Å². The molecule has 0 unspecified atom stereocenters. The monoisotopic (exact) mass is 361 g/mol. The lowest BCUT2D eigenvalue weighted by Crippen LogP contribution is -2.31. The molecule has 6 heteroatoms. The zero-order valence-electron chi connectivity index (χ0n) is 12.3. The predicted octanol–water partition coefficient (Wildman–Crippen LogP) is 2.96. The van der Waals surface area contributed by atoms with E-state index in [-0.39, 0.29) is 17.2 Å². The van der Waals surface area contributed by atoms with Crippen LogP contribution in [-0.4, -0.2) is 16.7 Å². The van der Waals surface area contributed by atoms with Crippen molar-refractivity contribution < 1.29 is 4.79 Å². The Morgan fingerprint density at radius 1 is 1.32 bits per heavy atom. The van der Waals surface area contributed by atoms with Crippen LogP contribution in [0.2, 0.25) is 0 Å². The van der Waals surface area contributed by atoms with Crippen LogP contribution in [0.4, 0.5) is 0 Å². The maximum atomic E-state index is 12.2. The molecule has 0 radical (unpaired) electrons. The van der Waals surface area contributed by atoms with E-state index >= 15 is 0 Å². The van der Waals surface area contributed by atoms with Crippen LogP contribution in [-0.2, 0) is 0 Å². The van der Waals surface area contributed by atoms with E-state index in [1.165, 1.54) is 16.8 Å². The number of aromatic nitrogens is 1. The molecule has 0 aliphatic carbocycles. The third-order valence-corrected chi connectivity index (χ3v) is 3.50. The summed E-state index contributed by atoms with van der Waals surface area (Å²) in [6, 6.07) is 10.6. The predicted molar refractivity (Wildman–Crippen MR) is 90.3 cm³/mol. The summed E-state index contributed by atoms with van der Waals surface area (Å²) in [5, 5.41) is 3.88. The molecule has 1 heterocycles. The van der Waals surface area contributed by atoms with E-state index in [0.717, 1.165) is 10.0 Å². The maximum Gasteiger partial charge on any atom is 0.276 e. The van der Waals surface area contributed by atoms with Gasteiger partial charge in [0.05, 0.1) is 6.21 Å². The lowest BCUT2D eigenvalue weighted by Gasteiger charge is -2.10. The summed E-state index contributed by atoms with van der Waals surface area (Å²) in [6.45, 7) is 3.77. The van der Waals surface area contributed by atoms with Gasteiger partial charge < -0.3 is 4.57 Å². The second kappa shape index (κ2) is 7.17. The van der Waals surface area contributed by atoms with Crippen LogP contribution in [0.15, 0.2) is 57.0 Å². The van der Waals surface area contributed by atoms with Gasteiger partial charge in [-0.3, -0.25) is 9.59 Å². The van der Waals surface area contributed by atoms with Crippen LogP contribution in [0.3, 0.4) is 0 Å². The fourth-order valence-corrected chi connectivity index (χ4v) is 2.32. The van der Waals surface area contributed by atoms with Crippen molar-refractivity contribution in [3.8, 4) is 0 Å². The van der Waals surface area contributed by atoms with Crippen LogP contribution in [0.25, 0.3) is 0 Å². The molecule has 22 heavy (non-hydrogen) atoms. The van der Waals surface area contributed by atoms with Gasteiger partial charge in [-0.25, -0.2) is 5.43 Å². The van der Waals surface area contributed by atoms with Gasteiger partial charge in [0.25, 0.3) is 11.5 Å². The highest BCUT2D eigenvalue weighted by molar-refractivity contribution is 9.10. The fourth-order valence-electron chi connectivity index (χ4n) is 1.90. The first kappa shape index (κ1) is 16.2. The summed E-state index contributed by atoms with van der Waals surface area (Å²) in [4.78, 5) is 24.2. The van der Waals surface area contributed by atoms with E-state index in [4.69, 9.17) is 0 Å². The second-order valence-electron chi connectivity index (χ2n) is 4.98. The zero-order chi connectivity index (χ0) is 16.1. The minimum atomic E-state index is -0.522. The molecule has 1 N–H and O–H groups in total. The van der Waals surface area contributed by atoms with Gasteiger partial charge in [0.2, 0.25) is 0 Å². The van der Waals surface area contributed by atoms with Gasteiger partial charge >= 0.3 is 0 Å². The summed E-state index contributed by atoms with van der Waals surface area (Å²) in [6.07, 6.45) is 3.18. The Hall–Kier alpha value is -2.21. The standard InChI is InChI=1S/C16H16BrN3O2/c1-11(2)20-8-4-7-14(16(20)22)15(21)19-18-10-12-5-3-6-13(17)9-12/h3-11H,1-2H3,(H,19,21)/b18-10-. The fraction of sp³-hybridized carbons (Fsp3) is 0.188. The third-order valence-electron chi connectivity index (χ3n) is 3.00. The first-order valence-electron chi connectivity index (χ1n) is 6.79. The van der Waals surface area contributed by atoms with E-state index < -0.39 is 5.91 Å². The summed E-state index contributed by atoms with van der Waals surface area (Å²) in [7, 11) is 0. The van der Waals surface area contributed by atoms with Crippen LogP contribution in [0, 0.1) is 0 Å². The summed E-state index contributed by atoms with van der Waals surface area (Å²) < 4.78 is 2.43. The van der Waals surface area contributed by atoms with E-state index in [1.54, 1.807) is 12.3 Å². The Balaban J connectivity index is 2.13. The van der Waals surface area contributed by atoms with Crippen molar-refractivity contribution in [3.63, 3.8) is 0 Å². The van der Waals surface area contributed by atoms with Crippen molar-refractivity contribution in [2.75, 3.05) is 0 Å². The number of benzene rings is 1. The van der Waals surface area contributed by atoms with Crippen molar-refractivity contribution in [3.05, 3.63) is 68.5 Å². The molecule has 2 rings (SSSR count). The van der Waals surface area contributed by atoms with Crippen LogP contribution in [0.5, 0.6) is 0 Å². The number of amides is 1. The van der Waals surface area contributed by atoms with Crippen molar-refractivity contribution in [1.82, 2.24) is 9.99 Å². The molecule has 1 amide bonds. The zero-order valence-corrected chi connectivity index (χ0v) is 13.9. The molecule has 0 saturated carbocycles. The van der Waals surface area contributed by atoms with Gasteiger partial charge in [0.1, 0.15) is 5.56 Å². The molecular formula is C16H16BrN3O2. The molecule has 1 aromatic heterocycles. The maximum absolute atomic E-state index is 12.2. The number of carbonyl (C=O) groups excluding carboxylic acids is 1. The third kappa shape index (κ3) is 3.92. The molecule has 0 bridgehead atoms. The number of rotatable bonds is 4. The Morgan fingerprint density at radius 3 is 2.77 bits per heavy atom. The molecule has 0 aliphatic heterocycles. The van der Waals surface area contributed by atoms with E-state index in [1.807, 2.05) is 38.1 Å². The molecule has 114 valence electrons. The quantitative estimate of drug-likeness (QED) is 0.672. The van der Waals surface area contributed by atoms with E-state index in [2.05, 4.69) is 26.5 Å². The molecule has 2 aromatic rings. The lowest BCUT2D eigenvalue weighted by atomic mass is 10.2. The molecule has 0 fully saturated rings. The van der Waals surface area contributed by atoms with Crippen LogP contribution in [0.1, 0.15) is 35.8 Å². The number of hydrazone groups is 1. The number of carbonyl (C=O) groups is 1.